The van der Waals surface area contributed by atoms with Gasteiger partial charge in [0.05, 0.1) is 30.4 Å². The molecule has 0 amide bonds. The average molecular weight is 560 g/mol. The Bertz CT molecular complexity index is 1370. The normalized spacial score (nSPS) is 20.3. The minimum atomic E-state index is -4.06. The lowest BCUT2D eigenvalue weighted by atomic mass is 10.2. The van der Waals surface area contributed by atoms with E-state index < -0.39 is 44.7 Å². The molecule has 1 saturated carbocycles. The first-order valence-electron chi connectivity index (χ1n) is 10.9. The first-order valence-corrected chi connectivity index (χ1v) is 13.0. The summed E-state index contributed by atoms with van der Waals surface area (Å²) in [5, 5.41) is 7.05. The molecule has 0 N–H and O–H groups in total. The number of rotatable bonds is 10. The van der Waals surface area contributed by atoms with E-state index in [1.54, 1.807) is 0 Å². The van der Waals surface area contributed by atoms with E-state index >= 15 is 0 Å². The van der Waals surface area contributed by atoms with Crippen molar-refractivity contribution in [3.8, 4) is 17.4 Å². The van der Waals surface area contributed by atoms with E-state index in [4.69, 9.17) is 25.8 Å². The molecule has 4 atom stereocenters. The molecule has 200 valence electrons. The lowest BCUT2D eigenvalue weighted by Crippen LogP contribution is -2.30. The number of ether oxygens (including phenoxy) is 3. The van der Waals surface area contributed by atoms with Crippen LogP contribution in [0.5, 0.6) is 11.8 Å². The molecule has 37 heavy (non-hydrogen) atoms. The summed E-state index contributed by atoms with van der Waals surface area (Å²) in [5.41, 5.74) is 0.00424. The highest BCUT2D eigenvalue weighted by Crippen LogP contribution is 2.61. The van der Waals surface area contributed by atoms with Gasteiger partial charge in [0.1, 0.15) is 24.0 Å². The second kappa shape index (κ2) is 10.0. The van der Waals surface area contributed by atoms with E-state index in [2.05, 4.69) is 30.1 Å². The van der Waals surface area contributed by atoms with Gasteiger partial charge in [0.25, 0.3) is 5.92 Å². The molecule has 3 aromatic rings. The summed E-state index contributed by atoms with van der Waals surface area (Å²) in [7, 11) is -0.102. The van der Waals surface area contributed by atoms with Crippen molar-refractivity contribution in [3.63, 3.8) is 0 Å². The van der Waals surface area contributed by atoms with Gasteiger partial charge in [-0.2, -0.15) is 9.97 Å². The molecule has 1 aliphatic rings. The zero-order valence-electron chi connectivity index (χ0n) is 20.5. The fraction of sp³-hybridized carbons (Fsp3) is 0.524. The Balaban J connectivity index is 1.80. The van der Waals surface area contributed by atoms with Crippen LogP contribution in [0.3, 0.4) is 0 Å². The maximum Gasteiger partial charge on any atom is 0.261 e. The van der Waals surface area contributed by atoms with Gasteiger partial charge in [-0.15, -0.1) is 10.2 Å². The van der Waals surface area contributed by atoms with Gasteiger partial charge in [0.15, 0.2) is 27.2 Å². The number of alkyl halides is 2. The van der Waals surface area contributed by atoms with Gasteiger partial charge in [-0.25, -0.2) is 27.2 Å². The van der Waals surface area contributed by atoms with Crippen LogP contribution in [0.4, 0.5) is 8.78 Å². The molecule has 3 heterocycles. The zero-order chi connectivity index (χ0) is 27.1. The molecule has 1 fully saturated rings. The first kappa shape index (κ1) is 27.0. The van der Waals surface area contributed by atoms with Crippen molar-refractivity contribution >= 4 is 21.4 Å². The van der Waals surface area contributed by atoms with Gasteiger partial charge < -0.3 is 14.2 Å². The minimum absolute atomic E-state index is 0.00424. The fourth-order valence-electron chi connectivity index (χ4n) is 4.06. The zero-order valence-corrected chi connectivity index (χ0v) is 22.0. The highest BCUT2D eigenvalue weighted by Gasteiger charge is 2.68. The Morgan fingerprint density at radius 2 is 1.65 bits per heavy atom. The smallest absolute Gasteiger partial charge is 0.261 e. The van der Waals surface area contributed by atoms with E-state index in [1.165, 1.54) is 52.1 Å². The van der Waals surface area contributed by atoms with Crippen molar-refractivity contribution in [1.29, 1.82) is 0 Å². The Kier molecular flexibility index (Phi) is 7.32. The van der Waals surface area contributed by atoms with E-state index in [0.717, 1.165) is 6.33 Å². The Labute approximate surface area is 216 Å². The van der Waals surface area contributed by atoms with Crippen molar-refractivity contribution in [2.45, 2.75) is 42.8 Å². The quantitative estimate of drug-likeness (QED) is 0.361. The van der Waals surface area contributed by atoms with Crippen LogP contribution < -0.4 is 9.47 Å². The number of sulfone groups is 1. The highest BCUT2D eigenvalue weighted by atomic mass is 35.5. The van der Waals surface area contributed by atoms with Crippen LogP contribution in [0.1, 0.15) is 43.3 Å². The number of aromatic nitrogens is 7. The Morgan fingerprint density at radius 1 is 1.08 bits per heavy atom. The predicted molar refractivity (Wildman–Crippen MR) is 126 cm³/mol. The molecule has 16 heteroatoms. The average Bonchev–Trinajstić information content (AvgIpc) is 3.15. The van der Waals surface area contributed by atoms with Crippen LogP contribution in [0.15, 0.2) is 18.7 Å². The van der Waals surface area contributed by atoms with Crippen LogP contribution >= 0.6 is 11.6 Å². The third kappa shape index (κ3) is 4.82. The second-order valence-corrected chi connectivity index (χ2v) is 11.2. The van der Waals surface area contributed by atoms with E-state index in [-0.39, 0.29) is 39.9 Å². The van der Waals surface area contributed by atoms with Crippen molar-refractivity contribution in [2.75, 3.05) is 21.3 Å². The van der Waals surface area contributed by atoms with Crippen LogP contribution in [-0.2, 0) is 20.3 Å². The largest absolute Gasteiger partial charge is 0.479 e. The van der Waals surface area contributed by atoms with E-state index in [0.29, 0.717) is 0 Å². The van der Waals surface area contributed by atoms with Gasteiger partial charge in [0.2, 0.25) is 11.8 Å². The number of hydrogen-bond acceptors (Lipinski definition) is 11. The standard InChI is InChI=1S/C21H24ClF2N7O5S/c1-10-14(21(10,23)24)18-30-29-13(31(18)15-19(35-4)27-9-28-20(15)36-5)8-37(32,33)11(2)16(34-3)17-25-6-12(22)7-26-17/h6-7,9-11,14,16H,8H2,1-5H3/t10-,11-,14+,16-/m0/s1. The van der Waals surface area contributed by atoms with E-state index in [9.17, 15) is 17.2 Å². The number of halogens is 3. The molecule has 0 bridgehead atoms. The third-order valence-electron chi connectivity index (χ3n) is 6.28. The molecule has 0 saturated heterocycles. The molecule has 1 aliphatic carbocycles. The summed E-state index contributed by atoms with van der Waals surface area (Å²) in [6.45, 7) is 2.79. The molecular formula is C21H24ClF2N7O5S. The van der Waals surface area contributed by atoms with Crippen molar-refractivity contribution < 1.29 is 31.4 Å². The maximum atomic E-state index is 14.4. The van der Waals surface area contributed by atoms with Crippen LogP contribution in [0, 0.1) is 5.92 Å². The molecule has 0 unspecified atom stereocenters. The molecule has 0 aromatic carbocycles. The van der Waals surface area contributed by atoms with Gasteiger partial charge in [-0.3, -0.25) is 4.57 Å². The Hall–Kier alpha value is -3.04. The van der Waals surface area contributed by atoms with Gasteiger partial charge in [0, 0.05) is 25.4 Å². The summed E-state index contributed by atoms with van der Waals surface area (Å²) in [4.78, 5) is 16.2. The lowest BCUT2D eigenvalue weighted by Gasteiger charge is -2.22. The predicted octanol–water partition coefficient (Wildman–Crippen LogP) is 2.58. The van der Waals surface area contributed by atoms with Gasteiger partial charge >= 0.3 is 0 Å². The fourth-order valence-corrected chi connectivity index (χ4v) is 5.57. The van der Waals surface area contributed by atoms with Crippen molar-refractivity contribution in [2.24, 2.45) is 5.92 Å². The molecule has 4 rings (SSSR count). The SMILES string of the molecule is COc1ncnc(OC)c1-n1c(CS(=O)(=O)[C@@H](C)[C@H](OC)c2ncc(Cl)cn2)nnc1[C@H]1[C@H](C)C1(F)F. The highest BCUT2D eigenvalue weighted by molar-refractivity contribution is 7.91. The van der Waals surface area contributed by atoms with Crippen LogP contribution in [0.2, 0.25) is 5.02 Å². The van der Waals surface area contributed by atoms with E-state index in [1.807, 2.05) is 0 Å². The summed E-state index contributed by atoms with van der Waals surface area (Å²) in [5.74, 6) is -6.39. The molecule has 3 aromatic heterocycles. The lowest BCUT2D eigenvalue weighted by molar-refractivity contribution is 0.0948. The Morgan fingerprint density at radius 3 is 2.14 bits per heavy atom. The van der Waals surface area contributed by atoms with Gasteiger partial charge in [-0.1, -0.05) is 18.5 Å². The molecule has 0 radical (unpaired) electrons. The topological polar surface area (TPSA) is 144 Å². The molecule has 0 spiro atoms. The molecular weight excluding hydrogens is 536 g/mol. The third-order valence-corrected chi connectivity index (χ3v) is 8.52. The molecule has 0 aliphatic heterocycles. The summed E-state index contributed by atoms with van der Waals surface area (Å²) < 4.78 is 73.1. The van der Waals surface area contributed by atoms with Crippen LogP contribution in [-0.4, -0.2) is 75.6 Å². The second-order valence-electron chi connectivity index (χ2n) is 8.42. The summed E-state index contributed by atoms with van der Waals surface area (Å²) in [6, 6.07) is 0. The number of methoxy groups -OCH3 is 3. The molecule has 12 nitrogen and oxygen atoms in total. The summed E-state index contributed by atoms with van der Waals surface area (Å²) in [6.07, 6.45) is 2.76. The number of hydrogen-bond donors (Lipinski definition) is 0. The minimum Gasteiger partial charge on any atom is -0.479 e. The first-order chi connectivity index (χ1) is 17.5. The maximum absolute atomic E-state index is 14.4. The van der Waals surface area contributed by atoms with Gasteiger partial charge in [-0.05, 0) is 6.92 Å². The monoisotopic (exact) mass is 559 g/mol. The number of nitrogens with zero attached hydrogens (tertiary/aromatic N) is 7. The van der Waals surface area contributed by atoms with Crippen molar-refractivity contribution in [3.05, 3.63) is 41.2 Å². The van der Waals surface area contributed by atoms with Crippen molar-refractivity contribution in [1.82, 2.24) is 34.7 Å². The van der Waals surface area contributed by atoms with Crippen LogP contribution in [0.25, 0.3) is 5.69 Å². The summed E-state index contributed by atoms with van der Waals surface area (Å²) >= 11 is 5.84.